The van der Waals surface area contributed by atoms with E-state index in [0.717, 1.165) is 22.2 Å². The number of carbonyl (C=O) groups is 3. The van der Waals surface area contributed by atoms with Crippen molar-refractivity contribution in [2.75, 3.05) is 13.1 Å². The zero-order chi connectivity index (χ0) is 16.6. The van der Waals surface area contributed by atoms with Crippen molar-refractivity contribution in [1.29, 1.82) is 0 Å². The molecule has 7 heteroatoms. The van der Waals surface area contributed by atoms with Crippen LogP contribution in [0, 0.1) is 5.92 Å². The topological polar surface area (TPSA) is 92.5 Å². The van der Waals surface area contributed by atoms with E-state index in [-0.39, 0.29) is 36.7 Å². The molecule has 3 N–H and O–H groups in total. The number of nitrogens with two attached hydrogens (primary N) is 1. The number of nitrogens with one attached hydrogen (secondary N) is 1. The largest absolute Gasteiger partial charge is 0.354 e. The molecule has 122 valence electrons. The van der Waals surface area contributed by atoms with Gasteiger partial charge in [0, 0.05) is 30.0 Å². The predicted molar refractivity (Wildman–Crippen MR) is 87.8 cm³/mol. The van der Waals surface area contributed by atoms with Gasteiger partial charge >= 0.3 is 0 Å². The van der Waals surface area contributed by atoms with Gasteiger partial charge in [0.05, 0.1) is 11.1 Å². The molecule has 2 aliphatic rings. The average Bonchev–Trinajstić information content (AvgIpc) is 3.33. The molecule has 6 nitrogen and oxygen atoms in total. The lowest BCUT2D eigenvalue weighted by molar-refractivity contribution is -0.121. The van der Waals surface area contributed by atoms with Crippen LogP contribution >= 0.6 is 15.9 Å². The summed E-state index contributed by atoms with van der Waals surface area (Å²) in [4.78, 5) is 37.5. The Bertz CT molecular complexity index is 673. The third kappa shape index (κ3) is 3.45. The van der Waals surface area contributed by atoms with E-state index in [4.69, 9.17) is 5.73 Å². The van der Waals surface area contributed by atoms with Gasteiger partial charge < -0.3 is 11.1 Å². The number of nitrogens with zero attached hydrogens (tertiary/aromatic N) is 1. The number of imide groups is 1. The van der Waals surface area contributed by atoms with Crippen molar-refractivity contribution in [2.45, 2.75) is 25.3 Å². The minimum atomic E-state index is -0.353. The molecule has 1 unspecified atom stereocenters. The number of fused-ring (bicyclic) bond motifs is 1. The molecule has 1 atom stereocenters. The first-order valence-electron chi connectivity index (χ1n) is 7.65. The maximum atomic E-state index is 12.3. The number of benzene rings is 1. The lowest BCUT2D eigenvalue weighted by Gasteiger charge is -2.15. The molecule has 1 aliphatic heterocycles. The van der Waals surface area contributed by atoms with Gasteiger partial charge in [-0.2, -0.15) is 0 Å². The summed E-state index contributed by atoms with van der Waals surface area (Å²) in [6.07, 6.45) is 2.34. The Balaban J connectivity index is 1.53. The van der Waals surface area contributed by atoms with Gasteiger partial charge in [-0.3, -0.25) is 19.3 Å². The van der Waals surface area contributed by atoms with Crippen LogP contribution in [0.2, 0.25) is 0 Å². The Hall–Kier alpha value is -1.73. The molecule has 1 aromatic rings. The van der Waals surface area contributed by atoms with Crippen molar-refractivity contribution in [3.05, 3.63) is 33.8 Å². The molecule has 0 aromatic heterocycles. The molecule has 1 aromatic carbocycles. The molecule has 3 rings (SSSR count). The number of halogens is 1. The van der Waals surface area contributed by atoms with Gasteiger partial charge in [-0.25, -0.2) is 0 Å². The summed E-state index contributed by atoms with van der Waals surface area (Å²) in [5.74, 6) is -0.377. The molecule has 1 heterocycles. The predicted octanol–water partition coefficient (Wildman–Crippen LogP) is 1.29. The number of amides is 3. The van der Waals surface area contributed by atoms with E-state index in [0.29, 0.717) is 23.6 Å². The van der Waals surface area contributed by atoms with Crippen molar-refractivity contribution in [1.82, 2.24) is 10.2 Å². The Labute approximate surface area is 142 Å². The maximum absolute atomic E-state index is 12.3. The minimum Gasteiger partial charge on any atom is -0.354 e. The summed E-state index contributed by atoms with van der Waals surface area (Å²) in [5.41, 5.74) is 6.68. The van der Waals surface area contributed by atoms with Gasteiger partial charge in [-0.1, -0.05) is 15.9 Å². The van der Waals surface area contributed by atoms with E-state index in [9.17, 15) is 14.4 Å². The van der Waals surface area contributed by atoms with Gasteiger partial charge in [0.15, 0.2) is 0 Å². The SMILES string of the molecule is NC(CNC(=O)CCN1C(=O)c2ccc(Br)cc2C1=O)C1CC1. The van der Waals surface area contributed by atoms with Crippen LogP contribution in [-0.2, 0) is 4.79 Å². The molecule has 0 bridgehead atoms. The van der Waals surface area contributed by atoms with Crippen LogP contribution in [0.4, 0.5) is 0 Å². The van der Waals surface area contributed by atoms with Crippen LogP contribution in [0.25, 0.3) is 0 Å². The smallest absolute Gasteiger partial charge is 0.261 e. The Morgan fingerprint density at radius 2 is 2.00 bits per heavy atom. The monoisotopic (exact) mass is 379 g/mol. The van der Waals surface area contributed by atoms with Gasteiger partial charge in [-0.15, -0.1) is 0 Å². The summed E-state index contributed by atoms with van der Waals surface area (Å²) in [7, 11) is 0. The van der Waals surface area contributed by atoms with Crippen molar-refractivity contribution in [3.63, 3.8) is 0 Å². The second-order valence-electron chi connectivity index (χ2n) is 6.01. The van der Waals surface area contributed by atoms with E-state index in [1.807, 2.05) is 0 Å². The minimum absolute atomic E-state index is 0.00407. The number of rotatable bonds is 6. The third-order valence-corrected chi connectivity index (χ3v) is 4.75. The van der Waals surface area contributed by atoms with Crippen molar-refractivity contribution in [3.8, 4) is 0 Å². The maximum Gasteiger partial charge on any atom is 0.261 e. The summed E-state index contributed by atoms with van der Waals surface area (Å²) in [6.45, 7) is 0.521. The van der Waals surface area contributed by atoms with Gasteiger partial charge in [0.1, 0.15) is 0 Å². The fourth-order valence-electron chi connectivity index (χ4n) is 2.69. The zero-order valence-electron chi connectivity index (χ0n) is 12.5. The highest BCUT2D eigenvalue weighted by Gasteiger charge is 2.35. The van der Waals surface area contributed by atoms with Gasteiger partial charge in [-0.05, 0) is 37.0 Å². The quantitative estimate of drug-likeness (QED) is 0.728. The highest BCUT2D eigenvalue weighted by molar-refractivity contribution is 9.10. The molecular formula is C16H18BrN3O3. The molecule has 1 fully saturated rings. The van der Waals surface area contributed by atoms with Gasteiger partial charge in [0.2, 0.25) is 5.91 Å². The lowest BCUT2D eigenvalue weighted by Crippen LogP contribution is -2.40. The molecule has 0 radical (unpaired) electrons. The number of hydrogen-bond acceptors (Lipinski definition) is 4. The van der Waals surface area contributed by atoms with Crippen LogP contribution in [-0.4, -0.2) is 41.8 Å². The van der Waals surface area contributed by atoms with E-state index in [1.165, 1.54) is 0 Å². The lowest BCUT2D eigenvalue weighted by atomic mass is 10.1. The molecule has 0 saturated heterocycles. The van der Waals surface area contributed by atoms with Crippen molar-refractivity contribution < 1.29 is 14.4 Å². The zero-order valence-corrected chi connectivity index (χ0v) is 14.1. The standard InChI is InChI=1S/C16H18BrN3O3/c17-10-3-4-11-12(7-10)16(23)20(15(11)22)6-5-14(21)19-8-13(18)9-1-2-9/h3-4,7,9,13H,1-2,5-6,8,18H2,(H,19,21). The van der Waals surface area contributed by atoms with Crippen LogP contribution < -0.4 is 11.1 Å². The van der Waals surface area contributed by atoms with Crippen molar-refractivity contribution >= 4 is 33.7 Å². The molecule has 23 heavy (non-hydrogen) atoms. The van der Waals surface area contributed by atoms with E-state index >= 15 is 0 Å². The Kier molecular flexibility index (Phi) is 4.50. The van der Waals surface area contributed by atoms with Crippen molar-refractivity contribution in [2.24, 2.45) is 11.7 Å². The molecule has 1 aliphatic carbocycles. The number of carbonyl (C=O) groups excluding carboxylic acids is 3. The summed E-state index contributed by atoms with van der Waals surface area (Å²) < 4.78 is 0.742. The molecule has 3 amide bonds. The van der Waals surface area contributed by atoms with Crippen LogP contribution in [0.5, 0.6) is 0 Å². The second-order valence-corrected chi connectivity index (χ2v) is 6.92. The summed E-state index contributed by atoms with van der Waals surface area (Å²) in [6, 6.07) is 4.97. The normalized spacial score (nSPS) is 18.1. The van der Waals surface area contributed by atoms with Crippen LogP contribution in [0.1, 0.15) is 40.0 Å². The highest BCUT2D eigenvalue weighted by Crippen LogP contribution is 2.31. The summed E-state index contributed by atoms with van der Waals surface area (Å²) in [5, 5.41) is 2.77. The van der Waals surface area contributed by atoms with Gasteiger partial charge in [0.25, 0.3) is 11.8 Å². The highest BCUT2D eigenvalue weighted by atomic mass is 79.9. The third-order valence-electron chi connectivity index (χ3n) is 4.26. The van der Waals surface area contributed by atoms with Crippen LogP contribution in [0.15, 0.2) is 22.7 Å². The van der Waals surface area contributed by atoms with Crippen LogP contribution in [0.3, 0.4) is 0 Å². The van der Waals surface area contributed by atoms with E-state index in [2.05, 4.69) is 21.2 Å². The molecule has 0 spiro atoms. The fourth-order valence-corrected chi connectivity index (χ4v) is 3.05. The molecule has 1 saturated carbocycles. The van der Waals surface area contributed by atoms with E-state index in [1.54, 1.807) is 18.2 Å². The second kappa shape index (κ2) is 6.41. The number of hydrogen-bond donors (Lipinski definition) is 2. The fraction of sp³-hybridized carbons (Fsp3) is 0.438. The first kappa shape index (κ1) is 16.1. The Morgan fingerprint density at radius 1 is 1.30 bits per heavy atom. The Morgan fingerprint density at radius 3 is 2.70 bits per heavy atom. The summed E-state index contributed by atoms with van der Waals surface area (Å²) >= 11 is 3.29. The first-order valence-corrected chi connectivity index (χ1v) is 8.44. The first-order chi connectivity index (χ1) is 11.0. The van der Waals surface area contributed by atoms with E-state index < -0.39 is 0 Å². The molecular weight excluding hydrogens is 362 g/mol. The average molecular weight is 380 g/mol.